The Morgan fingerprint density at radius 1 is 1.33 bits per heavy atom. The SMILES string of the molecule is C/C(N)=C/C=C(\N)NN. The van der Waals surface area contributed by atoms with E-state index >= 15 is 0 Å². The molecule has 0 aromatic heterocycles. The second kappa shape index (κ2) is 3.80. The van der Waals surface area contributed by atoms with E-state index in [1.807, 2.05) is 0 Å². The molecule has 0 rings (SSSR count). The number of nitrogens with one attached hydrogen (secondary N) is 1. The average molecular weight is 128 g/mol. The minimum Gasteiger partial charge on any atom is -0.402 e. The molecule has 0 aliphatic heterocycles. The van der Waals surface area contributed by atoms with Crippen LogP contribution >= 0.6 is 0 Å². The largest absolute Gasteiger partial charge is 0.402 e. The highest BCUT2D eigenvalue weighted by molar-refractivity contribution is 5.11. The van der Waals surface area contributed by atoms with Gasteiger partial charge in [0.2, 0.25) is 0 Å². The van der Waals surface area contributed by atoms with Gasteiger partial charge in [0.1, 0.15) is 5.82 Å². The Morgan fingerprint density at radius 2 is 1.89 bits per heavy atom. The number of hydrogen-bond donors (Lipinski definition) is 4. The van der Waals surface area contributed by atoms with E-state index in [2.05, 4.69) is 5.43 Å². The molecular weight excluding hydrogens is 116 g/mol. The fourth-order valence-electron chi connectivity index (χ4n) is 0.269. The lowest BCUT2D eigenvalue weighted by molar-refractivity contribution is 0.868. The second-order valence-electron chi connectivity index (χ2n) is 1.68. The van der Waals surface area contributed by atoms with Crippen LogP contribution in [0.15, 0.2) is 23.7 Å². The van der Waals surface area contributed by atoms with E-state index in [0.717, 1.165) is 0 Å². The summed E-state index contributed by atoms with van der Waals surface area (Å²) >= 11 is 0. The van der Waals surface area contributed by atoms with Gasteiger partial charge in [-0.15, -0.1) is 0 Å². The van der Waals surface area contributed by atoms with Crippen molar-refractivity contribution in [3.63, 3.8) is 0 Å². The first-order chi connectivity index (χ1) is 4.16. The van der Waals surface area contributed by atoms with Crippen LogP contribution in [0.1, 0.15) is 6.92 Å². The number of hydrogen-bond acceptors (Lipinski definition) is 4. The van der Waals surface area contributed by atoms with Crippen LogP contribution in [-0.4, -0.2) is 0 Å². The van der Waals surface area contributed by atoms with Crippen molar-refractivity contribution in [2.45, 2.75) is 6.92 Å². The Morgan fingerprint density at radius 3 is 2.22 bits per heavy atom. The average Bonchev–Trinajstić information content (AvgIpc) is 1.83. The smallest absolute Gasteiger partial charge is 0.110 e. The Kier molecular flexibility index (Phi) is 3.31. The fourth-order valence-corrected chi connectivity index (χ4v) is 0.269. The van der Waals surface area contributed by atoms with Gasteiger partial charge < -0.3 is 16.9 Å². The molecule has 0 aliphatic rings. The van der Waals surface area contributed by atoms with Crippen molar-refractivity contribution in [3.8, 4) is 0 Å². The Labute approximate surface area is 54.4 Å². The van der Waals surface area contributed by atoms with E-state index in [4.69, 9.17) is 17.3 Å². The van der Waals surface area contributed by atoms with E-state index in [0.29, 0.717) is 11.5 Å². The Bertz CT molecular complexity index is 132. The third-order valence-electron chi connectivity index (χ3n) is 0.692. The van der Waals surface area contributed by atoms with E-state index < -0.39 is 0 Å². The van der Waals surface area contributed by atoms with Crippen molar-refractivity contribution in [3.05, 3.63) is 23.7 Å². The van der Waals surface area contributed by atoms with Crippen molar-refractivity contribution >= 4 is 0 Å². The van der Waals surface area contributed by atoms with E-state index in [-0.39, 0.29) is 0 Å². The van der Waals surface area contributed by atoms with E-state index in [1.165, 1.54) is 0 Å². The molecule has 0 unspecified atom stereocenters. The van der Waals surface area contributed by atoms with Gasteiger partial charge >= 0.3 is 0 Å². The van der Waals surface area contributed by atoms with Gasteiger partial charge in [0.15, 0.2) is 0 Å². The first-order valence-corrected chi connectivity index (χ1v) is 2.53. The highest BCUT2D eigenvalue weighted by Gasteiger charge is 1.77. The maximum absolute atomic E-state index is 5.29. The summed E-state index contributed by atoms with van der Waals surface area (Å²) in [7, 11) is 0. The van der Waals surface area contributed by atoms with Gasteiger partial charge in [-0.05, 0) is 19.1 Å². The zero-order chi connectivity index (χ0) is 7.28. The maximum atomic E-state index is 5.29. The molecule has 0 saturated carbocycles. The van der Waals surface area contributed by atoms with Crippen LogP contribution in [0.4, 0.5) is 0 Å². The van der Waals surface area contributed by atoms with Gasteiger partial charge in [-0.2, -0.15) is 0 Å². The summed E-state index contributed by atoms with van der Waals surface area (Å²) in [4.78, 5) is 0. The first-order valence-electron chi connectivity index (χ1n) is 2.53. The molecular formula is C5H12N4. The molecule has 52 valence electrons. The molecule has 0 aromatic rings. The van der Waals surface area contributed by atoms with Crippen molar-refractivity contribution in [1.82, 2.24) is 5.43 Å². The number of hydrazine groups is 1. The van der Waals surface area contributed by atoms with Crippen molar-refractivity contribution in [2.24, 2.45) is 17.3 Å². The van der Waals surface area contributed by atoms with Gasteiger partial charge in [-0.1, -0.05) is 0 Å². The molecule has 0 radical (unpaired) electrons. The predicted molar refractivity (Wildman–Crippen MR) is 37.5 cm³/mol. The van der Waals surface area contributed by atoms with Crippen LogP contribution in [-0.2, 0) is 0 Å². The molecule has 0 bridgehead atoms. The molecule has 0 amide bonds. The van der Waals surface area contributed by atoms with Gasteiger partial charge in [0.25, 0.3) is 0 Å². The minimum absolute atomic E-state index is 0.389. The van der Waals surface area contributed by atoms with E-state index in [1.54, 1.807) is 19.1 Å². The monoisotopic (exact) mass is 128 g/mol. The van der Waals surface area contributed by atoms with Gasteiger partial charge in [0.05, 0.1) is 0 Å². The van der Waals surface area contributed by atoms with Gasteiger partial charge in [0, 0.05) is 5.70 Å². The van der Waals surface area contributed by atoms with Crippen molar-refractivity contribution < 1.29 is 0 Å². The lowest BCUT2D eigenvalue weighted by Gasteiger charge is -1.94. The minimum atomic E-state index is 0.389. The molecule has 4 nitrogen and oxygen atoms in total. The summed E-state index contributed by atoms with van der Waals surface area (Å²) in [6.07, 6.45) is 3.25. The summed E-state index contributed by atoms with van der Waals surface area (Å²) in [6, 6.07) is 0. The molecule has 0 heterocycles. The zero-order valence-electron chi connectivity index (χ0n) is 5.39. The molecule has 0 atom stereocenters. The maximum Gasteiger partial charge on any atom is 0.110 e. The molecule has 0 aliphatic carbocycles. The summed E-state index contributed by atoms with van der Waals surface area (Å²) in [5, 5.41) is 0. The van der Waals surface area contributed by atoms with Crippen LogP contribution < -0.4 is 22.7 Å². The normalized spacial score (nSPS) is 13.6. The lowest BCUT2D eigenvalue weighted by atomic mass is 10.4. The molecule has 9 heavy (non-hydrogen) atoms. The predicted octanol–water partition coefficient (Wildman–Crippen LogP) is -0.888. The molecule has 7 N–H and O–H groups in total. The van der Waals surface area contributed by atoms with Crippen LogP contribution in [0.3, 0.4) is 0 Å². The van der Waals surface area contributed by atoms with Crippen LogP contribution in [0, 0.1) is 0 Å². The zero-order valence-corrected chi connectivity index (χ0v) is 5.39. The number of nitrogens with two attached hydrogens (primary N) is 3. The van der Waals surface area contributed by atoms with Gasteiger partial charge in [-0.25, -0.2) is 5.84 Å². The Balaban J connectivity index is 3.83. The quantitative estimate of drug-likeness (QED) is 0.221. The first kappa shape index (κ1) is 7.84. The molecule has 4 heteroatoms. The van der Waals surface area contributed by atoms with Crippen LogP contribution in [0.5, 0.6) is 0 Å². The molecule has 0 fully saturated rings. The molecule has 0 spiro atoms. The van der Waals surface area contributed by atoms with Crippen molar-refractivity contribution in [2.75, 3.05) is 0 Å². The summed E-state index contributed by atoms with van der Waals surface area (Å²) in [6.45, 7) is 1.76. The highest BCUT2D eigenvalue weighted by Crippen LogP contribution is 1.81. The summed E-state index contributed by atoms with van der Waals surface area (Å²) < 4.78 is 0. The lowest BCUT2D eigenvalue weighted by Crippen LogP contribution is -2.26. The number of allylic oxidation sites excluding steroid dienone is 3. The second-order valence-corrected chi connectivity index (χ2v) is 1.68. The Hall–Kier alpha value is -1.16. The fraction of sp³-hybridized carbons (Fsp3) is 0.200. The van der Waals surface area contributed by atoms with Crippen LogP contribution in [0.25, 0.3) is 0 Å². The summed E-state index contributed by atoms with van der Waals surface area (Å²) in [5.74, 6) is 5.33. The summed E-state index contributed by atoms with van der Waals surface area (Å²) in [5.41, 5.74) is 13.5. The topological polar surface area (TPSA) is 90.1 Å². The van der Waals surface area contributed by atoms with E-state index in [9.17, 15) is 0 Å². The standard InChI is InChI=1S/C5H12N4/c1-4(6)2-3-5(7)9-8/h2-3,9H,6-8H2,1H3/b4-2-,5-3+. The van der Waals surface area contributed by atoms with Crippen LogP contribution in [0.2, 0.25) is 0 Å². The number of rotatable bonds is 2. The van der Waals surface area contributed by atoms with Crippen molar-refractivity contribution in [1.29, 1.82) is 0 Å². The molecule has 0 saturated heterocycles. The third kappa shape index (κ3) is 4.70. The van der Waals surface area contributed by atoms with Gasteiger partial charge in [-0.3, -0.25) is 0 Å². The molecule has 0 aromatic carbocycles. The third-order valence-corrected chi connectivity index (χ3v) is 0.692. The highest BCUT2D eigenvalue weighted by atomic mass is 15.3.